The number of carbonyl (C=O) groups is 4. The van der Waals surface area contributed by atoms with Crippen molar-refractivity contribution in [2.75, 3.05) is 13.7 Å². The third kappa shape index (κ3) is 9.37. The van der Waals surface area contributed by atoms with Gasteiger partial charge in [-0.2, -0.15) is 8.78 Å². The van der Waals surface area contributed by atoms with Crippen molar-refractivity contribution in [3.8, 4) is 0 Å². The highest BCUT2D eigenvalue weighted by molar-refractivity contribution is 6.30. The van der Waals surface area contributed by atoms with E-state index in [1.54, 1.807) is 36.4 Å². The number of halogens is 3. The van der Waals surface area contributed by atoms with Crippen molar-refractivity contribution in [3.63, 3.8) is 0 Å². The van der Waals surface area contributed by atoms with Crippen LogP contribution in [0.1, 0.15) is 35.6 Å². The van der Waals surface area contributed by atoms with Gasteiger partial charge in [0.05, 0.1) is 7.11 Å². The number of hydrogen-bond donors (Lipinski definition) is 3. The number of nitrogens with one attached hydrogen (secondary N) is 3. The zero-order chi connectivity index (χ0) is 33.1. The summed E-state index contributed by atoms with van der Waals surface area (Å²) in [5.74, 6) is -5.65. The van der Waals surface area contributed by atoms with Gasteiger partial charge in [-0.3, -0.25) is 9.59 Å². The Morgan fingerprint density at radius 2 is 1.72 bits per heavy atom. The molecule has 0 spiro atoms. The number of amides is 3. The normalized spacial score (nSPS) is 16.6. The fourth-order valence-corrected chi connectivity index (χ4v) is 5.27. The van der Waals surface area contributed by atoms with E-state index in [-0.39, 0.29) is 29.3 Å². The minimum atomic E-state index is -3.70. The smallest absolute Gasteiger partial charge is 0.408 e. The highest BCUT2D eigenvalue weighted by Gasteiger charge is 2.46. The SMILES string of the molecule is COC(=O)/C=C/[C@H](C[C@@H]1CCNC1=O)NC(=O)[C@H](Cc1ccccc1)NC(=O)OC(c1ccccc1)C(F)(F)c1cccc(Cl)c1. The molecular formula is C34H34ClF2N3O6. The van der Waals surface area contributed by atoms with Crippen molar-refractivity contribution >= 4 is 35.5 Å². The Kier molecular flexibility index (Phi) is 11.9. The topological polar surface area (TPSA) is 123 Å². The van der Waals surface area contributed by atoms with Gasteiger partial charge in [-0.25, -0.2) is 9.59 Å². The van der Waals surface area contributed by atoms with Crippen LogP contribution in [0, 0.1) is 5.92 Å². The summed E-state index contributed by atoms with van der Waals surface area (Å²) in [6.45, 7) is 0.483. The van der Waals surface area contributed by atoms with E-state index in [4.69, 9.17) is 16.3 Å². The van der Waals surface area contributed by atoms with Gasteiger partial charge < -0.3 is 25.4 Å². The maximum atomic E-state index is 15.9. The number of rotatable bonds is 13. The van der Waals surface area contributed by atoms with Gasteiger partial charge in [0.1, 0.15) is 6.04 Å². The molecule has 9 nitrogen and oxygen atoms in total. The molecule has 1 fully saturated rings. The minimum Gasteiger partial charge on any atom is -0.466 e. The molecule has 1 aliphatic heterocycles. The molecule has 0 aromatic heterocycles. The van der Waals surface area contributed by atoms with Crippen LogP contribution in [0.5, 0.6) is 0 Å². The fraction of sp³-hybridized carbons (Fsp3) is 0.294. The summed E-state index contributed by atoms with van der Waals surface area (Å²) in [7, 11) is 1.20. The highest BCUT2D eigenvalue weighted by Crippen LogP contribution is 2.43. The van der Waals surface area contributed by atoms with Crippen LogP contribution >= 0.6 is 11.6 Å². The lowest BCUT2D eigenvalue weighted by molar-refractivity contribution is -0.135. The molecule has 1 aliphatic rings. The molecule has 242 valence electrons. The van der Waals surface area contributed by atoms with Crippen molar-refractivity contribution in [2.45, 2.75) is 43.4 Å². The zero-order valence-corrected chi connectivity index (χ0v) is 25.7. The van der Waals surface area contributed by atoms with Gasteiger partial charge in [-0.1, -0.05) is 90.5 Å². The lowest BCUT2D eigenvalue weighted by Gasteiger charge is -2.29. The highest BCUT2D eigenvalue weighted by atomic mass is 35.5. The van der Waals surface area contributed by atoms with E-state index < -0.39 is 53.6 Å². The van der Waals surface area contributed by atoms with Crippen LogP contribution in [0.15, 0.2) is 97.1 Å². The number of alkyl halides is 2. The van der Waals surface area contributed by atoms with Crippen LogP contribution in [0.3, 0.4) is 0 Å². The van der Waals surface area contributed by atoms with Crippen molar-refractivity contribution in [3.05, 3.63) is 119 Å². The molecule has 4 rings (SSSR count). The molecule has 0 bridgehead atoms. The molecule has 1 unspecified atom stereocenters. The number of carbonyl (C=O) groups excluding carboxylic acids is 4. The van der Waals surface area contributed by atoms with E-state index in [1.165, 1.54) is 55.7 Å². The van der Waals surface area contributed by atoms with Gasteiger partial charge in [0.25, 0.3) is 0 Å². The lowest BCUT2D eigenvalue weighted by Crippen LogP contribution is -2.51. The second-order valence-corrected chi connectivity index (χ2v) is 11.2. The molecular weight excluding hydrogens is 620 g/mol. The summed E-state index contributed by atoms with van der Waals surface area (Å²) in [4.78, 5) is 51.1. The molecule has 0 radical (unpaired) electrons. The first kappa shape index (κ1) is 34.1. The van der Waals surface area contributed by atoms with Crippen molar-refractivity contribution in [1.29, 1.82) is 0 Å². The largest absolute Gasteiger partial charge is 0.466 e. The Bertz CT molecular complexity index is 1540. The van der Waals surface area contributed by atoms with Gasteiger partial charge in [0.15, 0.2) is 6.10 Å². The third-order valence-corrected chi connectivity index (χ3v) is 7.69. The Balaban J connectivity index is 1.59. The fourth-order valence-electron chi connectivity index (χ4n) is 5.08. The maximum Gasteiger partial charge on any atom is 0.408 e. The molecule has 0 aliphatic carbocycles. The average molecular weight is 654 g/mol. The van der Waals surface area contributed by atoms with Crippen LogP contribution in [-0.4, -0.2) is 49.6 Å². The van der Waals surface area contributed by atoms with E-state index in [0.717, 1.165) is 12.1 Å². The van der Waals surface area contributed by atoms with E-state index in [0.29, 0.717) is 18.5 Å². The molecule has 4 atom stereocenters. The predicted molar refractivity (Wildman–Crippen MR) is 167 cm³/mol. The first-order valence-electron chi connectivity index (χ1n) is 14.6. The molecule has 12 heteroatoms. The van der Waals surface area contributed by atoms with E-state index in [2.05, 4.69) is 20.7 Å². The van der Waals surface area contributed by atoms with Crippen LogP contribution in [-0.2, 0) is 36.2 Å². The van der Waals surface area contributed by atoms with Crippen molar-refractivity contribution < 1.29 is 37.4 Å². The molecule has 3 aromatic rings. The van der Waals surface area contributed by atoms with Crippen molar-refractivity contribution in [2.24, 2.45) is 5.92 Å². The zero-order valence-electron chi connectivity index (χ0n) is 25.0. The Morgan fingerprint density at radius 3 is 2.35 bits per heavy atom. The van der Waals surface area contributed by atoms with E-state index in [1.807, 2.05) is 0 Å². The minimum absolute atomic E-state index is 0.0141. The molecule has 46 heavy (non-hydrogen) atoms. The first-order chi connectivity index (χ1) is 22.1. The lowest BCUT2D eigenvalue weighted by atomic mass is 9.97. The summed E-state index contributed by atoms with van der Waals surface area (Å²) in [5, 5.41) is 8.04. The van der Waals surface area contributed by atoms with E-state index in [9.17, 15) is 19.2 Å². The van der Waals surface area contributed by atoms with E-state index >= 15 is 8.78 Å². The third-order valence-electron chi connectivity index (χ3n) is 7.45. The summed E-state index contributed by atoms with van der Waals surface area (Å²) in [6, 6.07) is 19.3. The quantitative estimate of drug-likeness (QED) is 0.171. The summed E-state index contributed by atoms with van der Waals surface area (Å²) in [5.41, 5.74) is 0.231. The second-order valence-electron chi connectivity index (χ2n) is 10.7. The van der Waals surface area contributed by atoms with Crippen LogP contribution < -0.4 is 16.0 Å². The number of ether oxygens (including phenoxy) is 2. The Labute approximate surface area is 270 Å². The first-order valence-corrected chi connectivity index (χ1v) is 15.0. The maximum absolute atomic E-state index is 15.9. The van der Waals surface area contributed by atoms with Crippen LogP contribution in [0.2, 0.25) is 5.02 Å². The molecule has 1 saturated heterocycles. The molecule has 3 aromatic carbocycles. The number of methoxy groups -OCH3 is 1. The number of hydrogen-bond acceptors (Lipinski definition) is 6. The van der Waals surface area contributed by atoms with Gasteiger partial charge in [0.2, 0.25) is 11.8 Å². The van der Waals surface area contributed by atoms with Crippen molar-refractivity contribution in [1.82, 2.24) is 16.0 Å². The molecule has 3 N–H and O–H groups in total. The number of benzene rings is 3. The van der Waals surface area contributed by atoms with Crippen LogP contribution in [0.4, 0.5) is 13.6 Å². The van der Waals surface area contributed by atoms with Crippen LogP contribution in [0.25, 0.3) is 0 Å². The monoisotopic (exact) mass is 653 g/mol. The van der Waals surface area contributed by atoms with Gasteiger partial charge >= 0.3 is 18.0 Å². The predicted octanol–water partition coefficient (Wildman–Crippen LogP) is 5.25. The van der Waals surface area contributed by atoms with Gasteiger partial charge in [-0.15, -0.1) is 0 Å². The molecule has 1 heterocycles. The summed E-state index contributed by atoms with van der Waals surface area (Å²) in [6.07, 6.45) is -0.0855. The Morgan fingerprint density at radius 1 is 1.02 bits per heavy atom. The van der Waals surface area contributed by atoms with Gasteiger partial charge in [-0.05, 0) is 36.1 Å². The summed E-state index contributed by atoms with van der Waals surface area (Å²) < 4.78 is 41.9. The molecule has 3 amide bonds. The van der Waals surface area contributed by atoms with Gasteiger partial charge in [0, 0.05) is 41.6 Å². The molecule has 0 saturated carbocycles. The summed E-state index contributed by atoms with van der Waals surface area (Å²) >= 11 is 5.99. The average Bonchev–Trinajstić information content (AvgIpc) is 3.46. The Hall–Kier alpha value is -4.77. The second kappa shape index (κ2) is 16.0. The number of esters is 1. The standard InChI is InChI=1S/C34H34ClF2N3O6/c1-45-29(41)16-15-27(20-24-17-18-38-31(24)42)39-32(43)28(19-22-9-4-2-5-10-22)40-33(44)46-30(23-11-6-3-7-12-23)34(36,37)25-13-8-14-26(35)21-25/h2-16,21,24,27-28,30H,17-20H2,1H3,(H,38,42)(H,39,43)(H,40,44)/b16-15+/t24-,27+,28-,30?/m0/s1. The number of alkyl carbamates (subject to hydrolysis) is 1.